The van der Waals surface area contributed by atoms with Crippen molar-refractivity contribution < 1.29 is 14.3 Å². The number of phenolic OH excluding ortho intramolecular Hbond substituents is 1. The molecule has 2 heterocycles. The van der Waals surface area contributed by atoms with Crippen LogP contribution in [0.1, 0.15) is 16.9 Å². The number of phenols is 1. The third kappa shape index (κ3) is 3.93. The fourth-order valence-corrected chi connectivity index (χ4v) is 3.42. The highest BCUT2D eigenvalue weighted by Gasteiger charge is 2.16. The summed E-state index contributed by atoms with van der Waals surface area (Å²) in [5, 5.41) is 14.6. The normalized spacial score (nSPS) is 11.1. The number of rotatable bonds is 7. The summed E-state index contributed by atoms with van der Waals surface area (Å²) in [6, 6.07) is 9.54. The fraction of sp³-hybridized carbons (Fsp3) is 0.222. The second-order valence-electron chi connectivity index (χ2n) is 5.45. The average Bonchev–Trinajstić information content (AvgIpc) is 3.26. The molecule has 126 valence electrons. The van der Waals surface area contributed by atoms with E-state index in [1.807, 2.05) is 18.2 Å². The summed E-state index contributed by atoms with van der Waals surface area (Å²) in [5.41, 5.74) is 2.08. The largest absolute Gasteiger partial charge is 0.503 e. The number of nitrogens with zero attached hydrogens (tertiary/aromatic N) is 1. The van der Waals surface area contributed by atoms with Crippen LogP contribution in [0.3, 0.4) is 0 Å². The Bertz CT molecular complexity index is 736. The maximum atomic E-state index is 10.1. The first kappa shape index (κ1) is 16.9. The molecule has 0 unspecified atom stereocenters. The van der Waals surface area contributed by atoms with Gasteiger partial charge in [-0.25, -0.2) is 0 Å². The van der Waals surface area contributed by atoms with E-state index in [9.17, 15) is 5.11 Å². The van der Waals surface area contributed by atoms with Crippen molar-refractivity contribution in [1.82, 2.24) is 4.90 Å². The Labute approximate surface area is 149 Å². The molecular weight excluding hydrogens is 346 g/mol. The lowest BCUT2D eigenvalue weighted by Gasteiger charge is -2.22. The summed E-state index contributed by atoms with van der Waals surface area (Å²) in [4.78, 5) is 2.22. The van der Waals surface area contributed by atoms with Gasteiger partial charge in [0.25, 0.3) is 0 Å². The van der Waals surface area contributed by atoms with Crippen LogP contribution in [-0.4, -0.2) is 17.1 Å². The van der Waals surface area contributed by atoms with E-state index in [0.717, 1.165) is 17.9 Å². The maximum Gasteiger partial charge on any atom is 0.177 e. The third-order valence-corrected chi connectivity index (χ3v) is 4.87. The van der Waals surface area contributed by atoms with Crippen LogP contribution in [0.2, 0.25) is 5.02 Å². The van der Waals surface area contributed by atoms with Crippen molar-refractivity contribution in [2.75, 3.05) is 7.11 Å². The monoisotopic (exact) mass is 363 g/mol. The molecule has 0 radical (unpaired) electrons. The molecule has 1 aromatic carbocycles. The maximum absolute atomic E-state index is 10.1. The first-order valence-electron chi connectivity index (χ1n) is 7.47. The smallest absolute Gasteiger partial charge is 0.177 e. The second-order valence-corrected chi connectivity index (χ2v) is 6.60. The van der Waals surface area contributed by atoms with E-state index in [1.54, 1.807) is 23.7 Å². The van der Waals surface area contributed by atoms with Gasteiger partial charge in [0.1, 0.15) is 5.76 Å². The van der Waals surface area contributed by atoms with E-state index in [-0.39, 0.29) is 5.75 Å². The number of thiophene rings is 1. The van der Waals surface area contributed by atoms with Crippen LogP contribution in [-0.2, 0) is 19.6 Å². The van der Waals surface area contributed by atoms with Gasteiger partial charge in [-0.05, 0) is 46.2 Å². The molecule has 0 saturated heterocycles. The predicted molar refractivity (Wildman–Crippen MR) is 95.6 cm³/mol. The van der Waals surface area contributed by atoms with E-state index in [0.29, 0.717) is 23.9 Å². The number of ether oxygens (including phenoxy) is 1. The quantitative estimate of drug-likeness (QED) is 0.647. The Hall–Kier alpha value is -1.95. The van der Waals surface area contributed by atoms with Crippen LogP contribution in [0.15, 0.2) is 51.8 Å². The predicted octanol–water partition coefficient (Wildman–Crippen LogP) is 4.91. The van der Waals surface area contributed by atoms with Gasteiger partial charge in [-0.2, -0.15) is 11.3 Å². The van der Waals surface area contributed by atoms with Gasteiger partial charge in [0.15, 0.2) is 11.5 Å². The van der Waals surface area contributed by atoms with Gasteiger partial charge >= 0.3 is 0 Å². The van der Waals surface area contributed by atoms with E-state index in [4.69, 9.17) is 20.8 Å². The number of furan rings is 1. The number of benzene rings is 1. The molecule has 4 nitrogen and oxygen atoms in total. The van der Waals surface area contributed by atoms with E-state index in [2.05, 4.69) is 21.7 Å². The summed E-state index contributed by atoms with van der Waals surface area (Å²) in [7, 11) is 1.50. The van der Waals surface area contributed by atoms with Gasteiger partial charge in [0.05, 0.1) is 24.9 Å². The lowest BCUT2D eigenvalue weighted by atomic mass is 10.1. The van der Waals surface area contributed by atoms with Crippen molar-refractivity contribution in [3.8, 4) is 11.5 Å². The van der Waals surface area contributed by atoms with Crippen LogP contribution >= 0.6 is 22.9 Å². The lowest BCUT2D eigenvalue weighted by molar-refractivity contribution is 0.227. The van der Waals surface area contributed by atoms with Crippen molar-refractivity contribution in [3.05, 3.63) is 69.3 Å². The van der Waals surface area contributed by atoms with Crippen LogP contribution in [0.4, 0.5) is 0 Å². The second kappa shape index (κ2) is 7.75. The summed E-state index contributed by atoms with van der Waals surface area (Å²) in [6.45, 7) is 2.02. The minimum Gasteiger partial charge on any atom is -0.503 e. The Kier molecular flexibility index (Phi) is 5.45. The van der Waals surface area contributed by atoms with Crippen molar-refractivity contribution in [1.29, 1.82) is 0 Å². The number of halogens is 1. The zero-order valence-corrected chi connectivity index (χ0v) is 14.8. The standard InChI is InChI=1S/C18H18ClNO3S/c1-22-16-5-4-14(17(19)18(16)21)10-20(9-13-6-8-24-12-13)11-15-3-2-7-23-15/h2-8,12,21H,9-11H2,1H3. The Morgan fingerprint density at radius 2 is 2.08 bits per heavy atom. The number of hydrogen-bond acceptors (Lipinski definition) is 5. The van der Waals surface area contributed by atoms with E-state index < -0.39 is 0 Å². The molecule has 6 heteroatoms. The average molecular weight is 364 g/mol. The molecule has 24 heavy (non-hydrogen) atoms. The van der Waals surface area contributed by atoms with Gasteiger partial charge in [-0.1, -0.05) is 17.7 Å². The Morgan fingerprint density at radius 1 is 1.21 bits per heavy atom. The number of hydrogen-bond donors (Lipinski definition) is 1. The van der Waals surface area contributed by atoms with Crippen LogP contribution in [0.25, 0.3) is 0 Å². The van der Waals surface area contributed by atoms with Crippen LogP contribution in [0.5, 0.6) is 11.5 Å². The molecule has 0 aliphatic carbocycles. The number of aromatic hydroxyl groups is 1. The van der Waals surface area contributed by atoms with E-state index in [1.165, 1.54) is 12.7 Å². The van der Waals surface area contributed by atoms with Gasteiger partial charge in [-0.15, -0.1) is 0 Å². The first-order valence-corrected chi connectivity index (χ1v) is 8.79. The SMILES string of the molecule is COc1ccc(CN(Cc2ccsc2)Cc2ccco2)c(Cl)c1O. The summed E-state index contributed by atoms with van der Waals surface area (Å²) < 4.78 is 10.6. The highest BCUT2D eigenvalue weighted by Crippen LogP contribution is 2.37. The number of methoxy groups -OCH3 is 1. The highest BCUT2D eigenvalue weighted by atomic mass is 35.5. The molecule has 0 bridgehead atoms. The molecule has 0 saturated carbocycles. The summed E-state index contributed by atoms with van der Waals surface area (Å²) in [5.74, 6) is 1.24. The minimum atomic E-state index is -0.0230. The Morgan fingerprint density at radius 3 is 2.75 bits per heavy atom. The molecule has 0 aliphatic heterocycles. The minimum absolute atomic E-state index is 0.0230. The summed E-state index contributed by atoms with van der Waals surface area (Å²) in [6.07, 6.45) is 1.67. The van der Waals surface area contributed by atoms with E-state index >= 15 is 0 Å². The van der Waals surface area contributed by atoms with Crippen molar-refractivity contribution in [2.45, 2.75) is 19.6 Å². The highest BCUT2D eigenvalue weighted by molar-refractivity contribution is 7.07. The van der Waals surface area contributed by atoms with Gasteiger partial charge in [0.2, 0.25) is 0 Å². The third-order valence-electron chi connectivity index (χ3n) is 3.72. The topological polar surface area (TPSA) is 45.8 Å². The van der Waals surface area contributed by atoms with Gasteiger partial charge in [-0.3, -0.25) is 4.90 Å². The molecule has 2 aromatic heterocycles. The van der Waals surface area contributed by atoms with Crippen molar-refractivity contribution in [3.63, 3.8) is 0 Å². The molecule has 0 atom stereocenters. The molecule has 0 spiro atoms. The van der Waals surface area contributed by atoms with Gasteiger partial charge in [0, 0.05) is 13.1 Å². The molecule has 0 aliphatic rings. The zero-order valence-electron chi connectivity index (χ0n) is 13.2. The molecular formula is C18H18ClNO3S. The van der Waals surface area contributed by atoms with Crippen molar-refractivity contribution in [2.24, 2.45) is 0 Å². The molecule has 0 fully saturated rings. The molecule has 3 rings (SSSR count). The van der Waals surface area contributed by atoms with Gasteiger partial charge < -0.3 is 14.3 Å². The summed E-state index contributed by atoms with van der Waals surface area (Å²) >= 11 is 7.98. The molecule has 1 N–H and O–H groups in total. The molecule has 0 amide bonds. The van der Waals surface area contributed by atoms with Crippen LogP contribution < -0.4 is 4.74 Å². The lowest BCUT2D eigenvalue weighted by Crippen LogP contribution is -2.22. The van der Waals surface area contributed by atoms with Crippen molar-refractivity contribution >= 4 is 22.9 Å². The zero-order chi connectivity index (χ0) is 16.9. The Balaban J connectivity index is 1.81. The fourth-order valence-electron chi connectivity index (χ4n) is 2.55. The first-order chi connectivity index (χ1) is 11.7. The molecule has 3 aromatic rings. The van der Waals surface area contributed by atoms with Crippen LogP contribution in [0, 0.1) is 0 Å².